The van der Waals surface area contributed by atoms with Gasteiger partial charge in [0.25, 0.3) is 0 Å². The third-order valence-corrected chi connectivity index (χ3v) is 2.50. The molecule has 2 rings (SSSR count). The van der Waals surface area contributed by atoms with E-state index < -0.39 is 0 Å². The van der Waals surface area contributed by atoms with E-state index in [0.717, 1.165) is 10.7 Å². The fourth-order valence-electron chi connectivity index (χ4n) is 1.02. The number of hydrogen-bond acceptors (Lipinski definition) is 4. The fraction of sp³-hybridized carbons (Fsp3) is 0.286. The molecule has 0 aromatic carbocycles. The summed E-state index contributed by atoms with van der Waals surface area (Å²) in [6.07, 6.45) is 0.581. The molecule has 0 atom stereocenters. The molecule has 0 spiro atoms. The van der Waals surface area contributed by atoms with E-state index in [4.69, 9.17) is 0 Å². The summed E-state index contributed by atoms with van der Waals surface area (Å²) in [7, 11) is 0. The predicted molar refractivity (Wildman–Crippen MR) is 48.9 cm³/mol. The van der Waals surface area contributed by atoms with Crippen molar-refractivity contribution in [2.24, 2.45) is 0 Å². The van der Waals surface area contributed by atoms with E-state index in [1.54, 1.807) is 11.3 Å². The van der Waals surface area contributed by atoms with Crippen LogP contribution in [0.15, 0.2) is 10.2 Å². The Kier molecular flexibility index (Phi) is 1.97. The maximum absolute atomic E-state index is 10.7. The second-order valence-electron chi connectivity index (χ2n) is 2.68. The molecule has 2 N–H and O–H groups in total. The third kappa shape index (κ3) is 1.83. The van der Waals surface area contributed by atoms with Crippen molar-refractivity contribution in [1.29, 1.82) is 0 Å². The zero-order chi connectivity index (χ0) is 9.26. The number of nitrogens with zero attached hydrogens (tertiary/aromatic N) is 2. The van der Waals surface area contributed by atoms with Gasteiger partial charge in [-0.15, -0.1) is 11.3 Å². The molecule has 0 saturated carbocycles. The van der Waals surface area contributed by atoms with Gasteiger partial charge in [-0.25, -0.2) is 14.9 Å². The lowest BCUT2D eigenvalue weighted by molar-refractivity contribution is 0.956. The minimum atomic E-state index is -0.275. The number of hydrogen-bond donors (Lipinski definition) is 2. The van der Waals surface area contributed by atoms with Crippen molar-refractivity contribution in [3.8, 4) is 0 Å². The van der Waals surface area contributed by atoms with E-state index >= 15 is 0 Å². The Hall–Kier alpha value is -1.43. The van der Waals surface area contributed by atoms with Gasteiger partial charge in [0.15, 0.2) is 0 Å². The number of aromatic nitrogens is 4. The van der Waals surface area contributed by atoms with E-state index in [-0.39, 0.29) is 5.69 Å². The maximum atomic E-state index is 10.7. The molecule has 0 fully saturated rings. The van der Waals surface area contributed by atoms with E-state index in [0.29, 0.717) is 12.2 Å². The van der Waals surface area contributed by atoms with Gasteiger partial charge in [-0.3, -0.25) is 4.98 Å². The standard InChI is InChI=1S/C7H8N4OS/c1-4-3-13-6(8-4)2-5-9-7(12)11-10-5/h3H,2H2,1H3,(H2,9,10,11,12). The Morgan fingerprint density at radius 2 is 2.46 bits per heavy atom. The molecule has 0 aliphatic carbocycles. The van der Waals surface area contributed by atoms with Gasteiger partial charge in [-0.05, 0) is 6.92 Å². The van der Waals surface area contributed by atoms with Crippen LogP contribution in [-0.4, -0.2) is 20.2 Å². The minimum Gasteiger partial charge on any atom is -0.293 e. The van der Waals surface area contributed by atoms with Gasteiger partial charge in [0.05, 0.1) is 6.42 Å². The predicted octanol–water partition coefficient (Wildman–Crippen LogP) is 0.454. The highest BCUT2D eigenvalue weighted by Crippen LogP contribution is 2.10. The maximum Gasteiger partial charge on any atom is 0.340 e. The lowest BCUT2D eigenvalue weighted by Crippen LogP contribution is -2.01. The number of thiazole rings is 1. The number of nitrogens with one attached hydrogen (secondary N) is 2. The van der Waals surface area contributed by atoms with Gasteiger partial charge < -0.3 is 0 Å². The monoisotopic (exact) mass is 196 g/mol. The Bertz CT molecular complexity index is 455. The molecule has 0 bridgehead atoms. The molecule has 0 saturated heterocycles. The Morgan fingerprint density at radius 1 is 1.62 bits per heavy atom. The first-order valence-corrected chi connectivity index (χ1v) is 4.66. The molecule has 0 radical (unpaired) electrons. The third-order valence-electron chi connectivity index (χ3n) is 1.54. The molecule has 2 aromatic heterocycles. The second-order valence-corrected chi connectivity index (χ2v) is 3.63. The summed E-state index contributed by atoms with van der Waals surface area (Å²) < 4.78 is 0. The molecule has 5 nitrogen and oxygen atoms in total. The van der Waals surface area contributed by atoms with Gasteiger partial charge in [-0.1, -0.05) is 0 Å². The van der Waals surface area contributed by atoms with Gasteiger partial charge in [0, 0.05) is 11.1 Å². The average Bonchev–Trinajstić information content (AvgIpc) is 2.62. The smallest absolute Gasteiger partial charge is 0.293 e. The minimum absolute atomic E-state index is 0.275. The van der Waals surface area contributed by atoms with Crippen LogP contribution in [0.2, 0.25) is 0 Å². The molecule has 0 aliphatic heterocycles. The van der Waals surface area contributed by atoms with E-state index in [2.05, 4.69) is 20.2 Å². The van der Waals surface area contributed by atoms with Crippen molar-refractivity contribution in [3.63, 3.8) is 0 Å². The first kappa shape index (κ1) is 8.18. The second kappa shape index (κ2) is 3.14. The van der Waals surface area contributed by atoms with Crippen molar-refractivity contribution in [1.82, 2.24) is 20.2 Å². The quantitative estimate of drug-likeness (QED) is 0.732. The summed E-state index contributed by atoms with van der Waals surface area (Å²) in [6.45, 7) is 1.94. The molecule has 0 amide bonds. The van der Waals surface area contributed by atoms with E-state index in [9.17, 15) is 4.79 Å². The van der Waals surface area contributed by atoms with Crippen molar-refractivity contribution < 1.29 is 0 Å². The Balaban J connectivity index is 2.19. The summed E-state index contributed by atoms with van der Waals surface area (Å²) in [4.78, 5) is 17.5. The highest BCUT2D eigenvalue weighted by Gasteiger charge is 2.03. The van der Waals surface area contributed by atoms with Crippen LogP contribution in [0, 0.1) is 6.92 Å². The Morgan fingerprint density at radius 3 is 3.00 bits per heavy atom. The normalized spacial score (nSPS) is 10.5. The lowest BCUT2D eigenvalue weighted by atomic mass is 10.4. The summed E-state index contributed by atoms with van der Waals surface area (Å²) >= 11 is 1.57. The largest absolute Gasteiger partial charge is 0.340 e. The average molecular weight is 196 g/mol. The van der Waals surface area contributed by atoms with Gasteiger partial charge in [0.1, 0.15) is 10.8 Å². The Labute approximate surface area is 77.9 Å². The van der Waals surface area contributed by atoms with Crippen LogP contribution >= 0.6 is 11.3 Å². The zero-order valence-corrected chi connectivity index (χ0v) is 7.81. The van der Waals surface area contributed by atoms with Crippen molar-refractivity contribution in [3.05, 3.63) is 32.4 Å². The summed E-state index contributed by atoms with van der Waals surface area (Å²) in [5.41, 5.74) is 0.723. The van der Waals surface area contributed by atoms with Crippen LogP contribution in [0.5, 0.6) is 0 Å². The topological polar surface area (TPSA) is 74.4 Å². The molecule has 2 aromatic rings. The van der Waals surface area contributed by atoms with Crippen molar-refractivity contribution in [2.45, 2.75) is 13.3 Å². The highest BCUT2D eigenvalue weighted by molar-refractivity contribution is 7.09. The fourth-order valence-corrected chi connectivity index (χ4v) is 1.79. The van der Waals surface area contributed by atoms with Gasteiger partial charge in [0.2, 0.25) is 0 Å². The van der Waals surface area contributed by atoms with E-state index in [1.165, 1.54) is 0 Å². The first-order chi connectivity index (χ1) is 6.24. The molecule has 6 heteroatoms. The number of aryl methyl sites for hydroxylation is 1. The highest BCUT2D eigenvalue weighted by atomic mass is 32.1. The zero-order valence-electron chi connectivity index (χ0n) is 7.00. The van der Waals surface area contributed by atoms with Crippen LogP contribution in [-0.2, 0) is 6.42 Å². The van der Waals surface area contributed by atoms with Crippen LogP contribution < -0.4 is 5.69 Å². The van der Waals surface area contributed by atoms with E-state index in [1.807, 2.05) is 12.3 Å². The van der Waals surface area contributed by atoms with Crippen LogP contribution in [0.25, 0.3) is 0 Å². The SMILES string of the molecule is Cc1csc(Cc2n[nH]c(=O)[nH]2)n1. The summed E-state index contributed by atoms with van der Waals surface area (Å²) in [6, 6.07) is 0. The molecule has 68 valence electrons. The van der Waals surface area contributed by atoms with Crippen molar-refractivity contribution >= 4 is 11.3 Å². The molecular formula is C7H8N4OS. The van der Waals surface area contributed by atoms with Gasteiger partial charge in [-0.2, -0.15) is 5.10 Å². The molecular weight excluding hydrogens is 188 g/mol. The molecule has 2 heterocycles. The summed E-state index contributed by atoms with van der Waals surface area (Å²) in [5.74, 6) is 0.624. The van der Waals surface area contributed by atoms with Crippen LogP contribution in [0.4, 0.5) is 0 Å². The summed E-state index contributed by atoms with van der Waals surface area (Å²) in [5, 5.41) is 9.04. The number of H-pyrrole nitrogens is 2. The molecule has 0 aliphatic rings. The lowest BCUT2D eigenvalue weighted by Gasteiger charge is -1.87. The molecule has 0 unspecified atom stereocenters. The van der Waals surface area contributed by atoms with Crippen molar-refractivity contribution in [2.75, 3.05) is 0 Å². The van der Waals surface area contributed by atoms with Crippen LogP contribution in [0.1, 0.15) is 16.5 Å². The number of rotatable bonds is 2. The number of aromatic amines is 2. The van der Waals surface area contributed by atoms with Gasteiger partial charge >= 0.3 is 5.69 Å². The molecule has 13 heavy (non-hydrogen) atoms. The van der Waals surface area contributed by atoms with Crippen LogP contribution in [0.3, 0.4) is 0 Å². The first-order valence-electron chi connectivity index (χ1n) is 3.78.